The highest BCUT2D eigenvalue weighted by atomic mass is 79.9. The molecule has 5 nitrogen and oxygen atoms in total. The van der Waals surface area contributed by atoms with Crippen molar-refractivity contribution in [3.05, 3.63) is 22.3 Å². The average molecular weight is 300 g/mol. The molecule has 2 N–H and O–H groups in total. The molecule has 1 fully saturated rings. The number of aryl methyl sites for hydroxylation is 1. The van der Waals surface area contributed by atoms with Gasteiger partial charge in [0, 0.05) is 17.2 Å². The first kappa shape index (κ1) is 12.3. The van der Waals surface area contributed by atoms with Crippen LogP contribution in [-0.4, -0.2) is 36.7 Å². The molecule has 1 aliphatic rings. The summed E-state index contributed by atoms with van der Waals surface area (Å²) in [4.78, 5) is 17.6. The first-order chi connectivity index (χ1) is 8.09. The van der Waals surface area contributed by atoms with Gasteiger partial charge in [0.1, 0.15) is 11.9 Å². The van der Waals surface area contributed by atoms with Crippen LogP contribution >= 0.6 is 15.9 Å². The molecule has 1 saturated heterocycles. The van der Waals surface area contributed by atoms with Crippen molar-refractivity contribution in [3.8, 4) is 0 Å². The molecule has 92 valence electrons. The number of amides is 1. The van der Waals surface area contributed by atoms with Gasteiger partial charge in [-0.05, 0) is 34.5 Å². The second kappa shape index (κ2) is 5.01. The lowest BCUT2D eigenvalue weighted by Gasteiger charge is -2.35. The van der Waals surface area contributed by atoms with Gasteiger partial charge in [-0.3, -0.25) is 4.79 Å². The molecular weight excluding hydrogens is 286 g/mol. The molecule has 1 atom stereocenters. The van der Waals surface area contributed by atoms with Gasteiger partial charge in [-0.25, -0.2) is 4.98 Å². The van der Waals surface area contributed by atoms with E-state index in [1.807, 2.05) is 17.9 Å². The van der Waals surface area contributed by atoms with E-state index in [9.17, 15) is 4.79 Å². The van der Waals surface area contributed by atoms with Gasteiger partial charge in [-0.1, -0.05) is 0 Å². The molecule has 17 heavy (non-hydrogen) atoms. The maximum Gasteiger partial charge on any atom is 0.242 e. The molecule has 1 unspecified atom stereocenters. The minimum Gasteiger partial charge on any atom is -0.377 e. The Balaban J connectivity index is 2.32. The number of primary amides is 1. The molecule has 0 saturated carbocycles. The second-order valence-electron chi connectivity index (χ2n) is 3.98. The van der Waals surface area contributed by atoms with Crippen molar-refractivity contribution in [2.45, 2.75) is 13.0 Å². The molecule has 6 heteroatoms. The lowest BCUT2D eigenvalue weighted by atomic mass is 10.2. The first-order valence-corrected chi connectivity index (χ1v) is 6.14. The molecule has 0 aromatic carbocycles. The number of carbonyl (C=O) groups is 1. The zero-order chi connectivity index (χ0) is 12.4. The highest BCUT2D eigenvalue weighted by molar-refractivity contribution is 9.10. The Kier molecular flexibility index (Phi) is 3.63. The Morgan fingerprint density at radius 3 is 3.12 bits per heavy atom. The molecule has 1 aromatic rings. The topological polar surface area (TPSA) is 68.5 Å². The maximum absolute atomic E-state index is 11.4. The van der Waals surface area contributed by atoms with Crippen LogP contribution in [0.15, 0.2) is 16.7 Å². The van der Waals surface area contributed by atoms with Crippen molar-refractivity contribution in [1.29, 1.82) is 0 Å². The number of nitrogens with two attached hydrogens (primary N) is 1. The lowest BCUT2D eigenvalue weighted by molar-refractivity contribution is -0.121. The number of hydrogen-bond acceptors (Lipinski definition) is 4. The molecule has 0 radical (unpaired) electrons. The summed E-state index contributed by atoms with van der Waals surface area (Å²) in [5, 5.41) is 0. The standard InChI is InChI=1S/C11H14BrN3O2/c1-7-4-8(12)5-14-11(7)15-2-3-17-6-9(15)10(13)16/h4-5,9H,2-3,6H2,1H3,(H2,13,16). The van der Waals surface area contributed by atoms with E-state index in [4.69, 9.17) is 10.5 Å². The van der Waals surface area contributed by atoms with Gasteiger partial charge in [-0.15, -0.1) is 0 Å². The average Bonchev–Trinajstić information content (AvgIpc) is 2.29. The normalized spacial score (nSPS) is 20.4. The smallest absolute Gasteiger partial charge is 0.242 e. The summed E-state index contributed by atoms with van der Waals surface area (Å²) in [6.07, 6.45) is 1.72. The van der Waals surface area contributed by atoms with Crippen LogP contribution in [0.1, 0.15) is 5.56 Å². The van der Waals surface area contributed by atoms with Crippen LogP contribution in [0, 0.1) is 6.92 Å². The van der Waals surface area contributed by atoms with Crippen LogP contribution in [0.4, 0.5) is 5.82 Å². The Bertz CT molecular complexity index is 439. The number of carbonyl (C=O) groups excluding carboxylic acids is 1. The molecule has 0 spiro atoms. The number of halogens is 1. The molecular formula is C11H14BrN3O2. The quantitative estimate of drug-likeness (QED) is 0.879. The zero-order valence-corrected chi connectivity index (χ0v) is 11.1. The molecule has 2 rings (SSSR count). The monoisotopic (exact) mass is 299 g/mol. The van der Waals surface area contributed by atoms with Crippen LogP contribution in [-0.2, 0) is 9.53 Å². The molecule has 0 aliphatic carbocycles. The summed E-state index contributed by atoms with van der Waals surface area (Å²) in [7, 11) is 0. The van der Waals surface area contributed by atoms with Crippen LogP contribution in [0.25, 0.3) is 0 Å². The molecule has 1 amide bonds. The van der Waals surface area contributed by atoms with Gasteiger partial charge in [0.25, 0.3) is 0 Å². The molecule has 2 heterocycles. The van der Waals surface area contributed by atoms with Crippen molar-refractivity contribution in [2.75, 3.05) is 24.7 Å². The largest absolute Gasteiger partial charge is 0.377 e. The Morgan fingerprint density at radius 2 is 2.47 bits per heavy atom. The van der Waals surface area contributed by atoms with E-state index in [0.29, 0.717) is 19.8 Å². The third-order valence-electron chi connectivity index (χ3n) is 2.75. The Morgan fingerprint density at radius 1 is 1.71 bits per heavy atom. The van der Waals surface area contributed by atoms with Gasteiger partial charge in [0.15, 0.2) is 0 Å². The van der Waals surface area contributed by atoms with Crippen LogP contribution in [0.3, 0.4) is 0 Å². The van der Waals surface area contributed by atoms with E-state index in [2.05, 4.69) is 20.9 Å². The van der Waals surface area contributed by atoms with Gasteiger partial charge in [-0.2, -0.15) is 0 Å². The number of rotatable bonds is 2. The van der Waals surface area contributed by atoms with Gasteiger partial charge in [0.2, 0.25) is 5.91 Å². The number of aromatic nitrogens is 1. The van der Waals surface area contributed by atoms with Crippen LogP contribution in [0.2, 0.25) is 0 Å². The van der Waals surface area contributed by atoms with Crippen LogP contribution < -0.4 is 10.6 Å². The van der Waals surface area contributed by atoms with Gasteiger partial charge >= 0.3 is 0 Å². The number of nitrogens with zero attached hydrogens (tertiary/aromatic N) is 2. The Labute approximate surface area is 108 Å². The van der Waals surface area contributed by atoms with E-state index >= 15 is 0 Å². The third-order valence-corrected chi connectivity index (χ3v) is 3.18. The first-order valence-electron chi connectivity index (χ1n) is 5.35. The van der Waals surface area contributed by atoms with E-state index in [1.165, 1.54) is 0 Å². The van der Waals surface area contributed by atoms with Crippen molar-refractivity contribution in [2.24, 2.45) is 5.73 Å². The van der Waals surface area contributed by atoms with E-state index in [1.54, 1.807) is 6.20 Å². The number of hydrogen-bond donors (Lipinski definition) is 1. The minimum atomic E-state index is -0.434. The van der Waals surface area contributed by atoms with Crippen molar-refractivity contribution < 1.29 is 9.53 Å². The fourth-order valence-corrected chi connectivity index (χ4v) is 2.37. The number of morpholine rings is 1. The minimum absolute atomic E-state index is 0.326. The Hall–Kier alpha value is -1.14. The fourth-order valence-electron chi connectivity index (χ4n) is 1.93. The number of ether oxygens (including phenoxy) is 1. The predicted octanol–water partition coefficient (Wildman–Crippen LogP) is 0.843. The number of pyridine rings is 1. The highest BCUT2D eigenvalue weighted by Crippen LogP contribution is 2.23. The highest BCUT2D eigenvalue weighted by Gasteiger charge is 2.29. The van der Waals surface area contributed by atoms with Gasteiger partial charge < -0.3 is 15.4 Å². The summed E-state index contributed by atoms with van der Waals surface area (Å²) in [5.74, 6) is 0.411. The summed E-state index contributed by atoms with van der Waals surface area (Å²) in [5.41, 5.74) is 6.38. The van der Waals surface area contributed by atoms with E-state index < -0.39 is 6.04 Å². The molecule has 1 aliphatic heterocycles. The van der Waals surface area contributed by atoms with Crippen molar-refractivity contribution in [3.63, 3.8) is 0 Å². The summed E-state index contributed by atoms with van der Waals surface area (Å²) in [6.45, 7) is 3.50. The lowest BCUT2D eigenvalue weighted by Crippen LogP contribution is -2.53. The summed E-state index contributed by atoms with van der Waals surface area (Å²) < 4.78 is 6.20. The van der Waals surface area contributed by atoms with Crippen molar-refractivity contribution in [1.82, 2.24) is 4.98 Å². The third kappa shape index (κ3) is 2.58. The van der Waals surface area contributed by atoms with Crippen LogP contribution in [0.5, 0.6) is 0 Å². The fraction of sp³-hybridized carbons (Fsp3) is 0.455. The van der Waals surface area contributed by atoms with E-state index in [0.717, 1.165) is 15.9 Å². The maximum atomic E-state index is 11.4. The summed E-state index contributed by atoms with van der Waals surface area (Å²) >= 11 is 3.37. The summed E-state index contributed by atoms with van der Waals surface area (Å²) in [6, 6.07) is 1.53. The zero-order valence-electron chi connectivity index (χ0n) is 9.52. The van der Waals surface area contributed by atoms with E-state index in [-0.39, 0.29) is 5.91 Å². The number of anilines is 1. The van der Waals surface area contributed by atoms with Gasteiger partial charge in [0.05, 0.1) is 13.2 Å². The molecule has 0 bridgehead atoms. The second-order valence-corrected chi connectivity index (χ2v) is 4.90. The predicted molar refractivity (Wildman–Crippen MR) is 67.8 cm³/mol. The van der Waals surface area contributed by atoms with Crippen molar-refractivity contribution >= 4 is 27.7 Å². The molecule has 1 aromatic heterocycles. The SMILES string of the molecule is Cc1cc(Br)cnc1N1CCOCC1C(N)=O.